The summed E-state index contributed by atoms with van der Waals surface area (Å²) in [5.41, 5.74) is 10.3. The van der Waals surface area contributed by atoms with Crippen molar-refractivity contribution >= 4 is 24.3 Å². The van der Waals surface area contributed by atoms with Crippen LogP contribution in [-0.2, 0) is 22.9 Å². The Labute approximate surface area is 139 Å². The van der Waals surface area contributed by atoms with Gasteiger partial charge in [0.1, 0.15) is 14.5 Å². The van der Waals surface area contributed by atoms with Crippen LogP contribution < -0.4 is 11.3 Å². The minimum atomic E-state index is 0.429. The number of aromatic nitrogens is 1. The van der Waals surface area contributed by atoms with Crippen molar-refractivity contribution in [1.82, 2.24) is 4.57 Å². The predicted octanol–water partition coefficient (Wildman–Crippen LogP) is 2.52. The second kappa shape index (κ2) is 7.52. The van der Waals surface area contributed by atoms with Gasteiger partial charge >= 0.3 is 0 Å². The zero-order chi connectivity index (χ0) is 16.2. The molecule has 0 bridgehead atoms. The molecule has 4 nitrogen and oxygen atoms in total. The number of nitrogens with two attached hydrogens (primary N) is 1. The summed E-state index contributed by atoms with van der Waals surface area (Å²) >= 11 is 0. The first-order chi connectivity index (χ1) is 11.3. The Bertz CT molecular complexity index is 663. The van der Waals surface area contributed by atoms with E-state index in [0.29, 0.717) is 19.1 Å². The van der Waals surface area contributed by atoms with Crippen LogP contribution in [0.2, 0.25) is 0 Å². The summed E-state index contributed by atoms with van der Waals surface area (Å²) in [7, 11) is 8.06. The molecule has 23 heavy (non-hydrogen) atoms. The van der Waals surface area contributed by atoms with Gasteiger partial charge in [-0.05, 0) is 41.5 Å². The molecule has 2 N–H and O–H groups in total. The highest BCUT2D eigenvalue weighted by Crippen LogP contribution is 2.36. The van der Waals surface area contributed by atoms with Crippen molar-refractivity contribution in [2.75, 3.05) is 13.7 Å². The van der Waals surface area contributed by atoms with Crippen molar-refractivity contribution in [2.24, 2.45) is 5.73 Å². The van der Waals surface area contributed by atoms with E-state index in [-0.39, 0.29) is 0 Å². The highest BCUT2D eigenvalue weighted by molar-refractivity contribution is 6.34. The Morgan fingerprint density at radius 2 is 2.04 bits per heavy atom. The molecule has 1 aliphatic rings. The topological polar surface area (TPSA) is 49.4 Å². The number of rotatable bonds is 6. The maximum atomic E-state index is 6.53. The van der Waals surface area contributed by atoms with Crippen molar-refractivity contribution in [3.8, 4) is 0 Å². The minimum Gasteiger partial charge on any atom is -0.353 e. The monoisotopic (exact) mass is 312 g/mol. The first-order valence-electron chi connectivity index (χ1n) is 8.52. The molecule has 0 amide bonds. The van der Waals surface area contributed by atoms with Crippen molar-refractivity contribution < 1.29 is 9.78 Å². The second-order valence-electron chi connectivity index (χ2n) is 6.35. The molecule has 0 spiro atoms. The number of hydrogen-bond acceptors (Lipinski definition) is 3. The molecule has 0 aliphatic heterocycles. The molecular weight excluding hydrogens is 287 g/mol. The summed E-state index contributed by atoms with van der Waals surface area (Å²) in [6, 6.07) is 6.42. The van der Waals surface area contributed by atoms with E-state index in [1.54, 1.807) is 0 Å². The largest absolute Gasteiger partial charge is 0.353 e. The quantitative estimate of drug-likeness (QED) is 0.506. The van der Waals surface area contributed by atoms with Crippen LogP contribution in [0.15, 0.2) is 18.2 Å². The van der Waals surface area contributed by atoms with Crippen LogP contribution in [0.4, 0.5) is 0 Å². The lowest BCUT2D eigenvalue weighted by Gasteiger charge is -2.23. The second-order valence-corrected chi connectivity index (χ2v) is 6.35. The van der Waals surface area contributed by atoms with Crippen LogP contribution in [-0.4, -0.2) is 26.1 Å². The fourth-order valence-electron chi connectivity index (χ4n) is 3.85. The maximum Gasteiger partial charge on any atom is 0.139 e. The van der Waals surface area contributed by atoms with Crippen molar-refractivity contribution in [1.29, 1.82) is 0 Å². The summed E-state index contributed by atoms with van der Waals surface area (Å²) in [5.74, 6) is 0.575. The molecule has 3 rings (SSSR count). The van der Waals surface area contributed by atoms with Crippen LogP contribution >= 0.6 is 0 Å². The molecular formula is C18H25BN2O2. The average molecular weight is 312 g/mol. The SMILES string of the molecule is [B]c1c(C2CCCCC2)c2ccc(COOC)cc2n1CCN. The summed E-state index contributed by atoms with van der Waals surface area (Å²) in [5, 5.41) is 1.27. The zero-order valence-corrected chi connectivity index (χ0v) is 13.9. The van der Waals surface area contributed by atoms with Gasteiger partial charge in [0, 0.05) is 24.0 Å². The van der Waals surface area contributed by atoms with E-state index in [1.165, 1.54) is 50.2 Å². The van der Waals surface area contributed by atoms with E-state index in [2.05, 4.69) is 22.8 Å². The first-order valence-corrected chi connectivity index (χ1v) is 8.52. The summed E-state index contributed by atoms with van der Waals surface area (Å²) in [4.78, 5) is 9.76. The summed E-state index contributed by atoms with van der Waals surface area (Å²) in [6.07, 6.45) is 6.41. The zero-order valence-electron chi connectivity index (χ0n) is 13.9. The standard InChI is InChI=1S/C18H25BN2O2/c1-22-23-12-13-7-8-15-16(11-13)21(10-9-20)18(19)17(15)14-5-3-2-4-6-14/h7-8,11,14H,2-6,9-10,12,20H2,1H3. The molecule has 5 heteroatoms. The highest BCUT2D eigenvalue weighted by atomic mass is 17.2. The molecule has 0 atom stereocenters. The first kappa shape index (κ1) is 16.6. The lowest BCUT2D eigenvalue weighted by molar-refractivity contribution is -0.282. The number of benzene rings is 1. The molecule has 1 fully saturated rings. The van der Waals surface area contributed by atoms with Gasteiger partial charge in [0.05, 0.1) is 7.11 Å². The maximum absolute atomic E-state index is 6.53. The van der Waals surface area contributed by atoms with Gasteiger partial charge in [-0.3, -0.25) is 0 Å². The molecule has 1 saturated carbocycles. The molecule has 2 radical (unpaired) electrons. The van der Waals surface area contributed by atoms with E-state index in [0.717, 1.165) is 23.2 Å². The number of fused-ring (bicyclic) bond motifs is 1. The average Bonchev–Trinajstić information content (AvgIpc) is 2.86. The molecule has 1 aromatic carbocycles. The van der Waals surface area contributed by atoms with Gasteiger partial charge in [0.15, 0.2) is 0 Å². The third-order valence-corrected chi connectivity index (χ3v) is 4.92. The van der Waals surface area contributed by atoms with Gasteiger partial charge in [-0.25, -0.2) is 9.78 Å². The molecule has 1 aromatic heterocycles. The number of nitrogens with zero attached hydrogens (tertiary/aromatic N) is 1. The van der Waals surface area contributed by atoms with Crippen LogP contribution in [0.25, 0.3) is 10.9 Å². The van der Waals surface area contributed by atoms with Crippen LogP contribution in [0, 0.1) is 0 Å². The van der Waals surface area contributed by atoms with E-state index >= 15 is 0 Å². The van der Waals surface area contributed by atoms with Crippen LogP contribution in [0.3, 0.4) is 0 Å². The Kier molecular flexibility index (Phi) is 5.41. The van der Waals surface area contributed by atoms with E-state index < -0.39 is 0 Å². The van der Waals surface area contributed by atoms with E-state index in [9.17, 15) is 0 Å². The molecule has 0 unspecified atom stereocenters. The van der Waals surface area contributed by atoms with Gasteiger partial charge in [0.25, 0.3) is 0 Å². The van der Waals surface area contributed by atoms with Crippen molar-refractivity contribution in [3.63, 3.8) is 0 Å². The molecule has 122 valence electrons. The molecule has 0 saturated heterocycles. The van der Waals surface area contributed by atoms with Crippen LogP contribution in [0.1, 0.15) is 49.1 Å². The molecule has 1 aliphatic carbocycles. The smallest absolute Gasteiger partial charge is 0.139 e. The fourth-order valence-corrected chi connectivity index (χ4v) is 3.85. The van der Waals surface area contributed by atoms with Gasteiger partial charge in [-0.2, -0.15) is 0 Å². The lowest BCUT2D eigenvalue weighted by Crippen LogP contribution is -2.25. The Balaban J connectivity index is 2.06. The Morgan fingerprint density at radius 3 is 2.74 bits per heavy atom. The Hall–Kier alpha value is -1.30. The van der Waals surface area contributed by atoms with E-state index in [4.69, 9.17) is 23.4 Å². The summed E-state index contributed by atoms with van der Waals surface area (Å²) in [6.45, 7) is 1.75. The predicted molar refractivity (Wildman–Crippen MR) is 94.0 cm³/mol. The van der Waals surface area contributed by atoms with Gasteiger partial charge in [-0.15, -0.1) is 0 Å². The van der Waals surface area contributed by atoms with Gasteiger partial charge < -0.3 is 10.3 Å². The van der Waals surface area contributed by atoms with Gasteiger partial charge in [0.2, 0.25) is 0 Å². The summed E-state index contributed by atoms with van der Waals surface area (Å²) < 4.78 is 2.16. The van der Waals surface area contributed by atoms with Crippen LogP contribution in [0.5, 0.6) is 0 Å². The number of hydrogen-bond donors (Lipinski definition) is 1. The molecule has 2 aromatic rings. The third-order valence-electron chi connectivity index (χ3n) is 4.92. The third kappa shape index (κ3) is 3.32. The fraction of sp³-hybridized carbons (Fsp3) is 0.556. The minimum absolute atomic E-state index is 0.429. The molecule has 1 heterocycles. The normalized spacial score (nSPS) is 16.3. The van der Waals surface area contributed by atoms with Gasteiger partial charge in [-0.1, -0.05) is 31.4 Å². The van der Waals surface area contributed by atoms with E-state index in [1.807, 2.05) is 0 Å². The van der Waals surface area contributed by atoms with Crippen molar-refractivity contribution in [3.05, 3.63) is 29.3 Å². The highest BCUT2D eigenvalue weighted by Gasteiger charge is 2.23. The van der Waals surface area contributed by atoms with Crippen molar-refractivity contribution in [2.45, 2.75) is 51.2 Å². The lowest BCUT2D eigenvalue weighted by atomic mass is 9.79. The Morgan fingerprint density at radius 1 is 1.26 bits per heavy atom.